The second-order valence-corrected chi connectivity index (χ2v) is 21.7. The lowest BCUT2D eigenvalue weighted by Crippen LogP contribution is -2.60. The standard InChI is InChI=1S/C55H87N7O10/c1-15-36(6)49(60(12)53(68)47(34(2)3)58-52(67)48(35(4)5)59(11)28-20-16-17-21-29-62-44(63)26-27-45(62)64)43(70-13)32-46(65)61-30-22-25-42(61)50(71-14)37(7)51(66)57-41(54(69)72-55(8,9)10)31-38-33-56-40-24-19-18-23-39(38)40/h18-19,23-24,26-27,33-37,41-43,47-50,56H,15-17,20-22,25,28-32H2,1-14H3,(H,57,66)(H,58,67)/t36-,37+,41-,42-,43+,47-,48-,49-,50+/m0/s1. The van der Waals surface area contributed by atoms with Gasteiger partial charge in [-0.2, -0.15) is 0 Å². The van der Waals surface area contributed by atoms with Gasteiger partial charge < -0.3 is 39.6 Å². The molecular weight excluding hydrogens is 919 g/mol. The number of ether oxygens (including phenoxy) is 3. The van der Waals surface area contributed by atoms with E-state index in [1.54, 1.807) is 51.7 Å². The summed E-state index contributed by atoms with van der Waals surface area (Å²) in [6.45, 7) is 20.4. The number of para-hydroxylation sites is 1. The topological polar surface area (TPSA) is 200 Å². The van der Waals surface area contributed by atoms with Crippen LogP contribution in [0.2, 0.25) is 0 Å². The molecule has 1 aromatic heterocycles. The van der Waals surface area contributed by atoms with E-state index in [4.69, 9.17) is 14.2 Å². The molecule has 3 heterocycles. The number of methoxy groups -OCH3 is 2. The summed E-state index contributed by atoms with van der Waals surface area (Å²) in [6, 6.07) is 4.45. The molecule has 0 aliphatic carbocycles. The Kier molecular flexibility index (Phi) is 22.5. The zero-order chi connectivity index (χ0) is 53.6. The van der Waals surface area contributed by atoms with Crippen LogP contribution in [0.1, 0.15) is 126 Å². The molecule has 9 atom stereocenters. The molecule has 17 heteroatoms. The van der Waals surface area contributed by atoms with Crippen LogP contribution in [-0.4, -0.2) is 162 Å². The molecule has 3 N–H and O–H groups in total. The molecule has 0 unspecified atom stereocenters. The van der Waals surface area contributed by atoms with Crippen LogP contribution >= 0.6 is 0 Å². The number of esters is 1. The summed E-state index contributed by atoms with van der Waals surface area (Å²) in [6.07, 6.45) is 8.42. The smallest absolute Gasteiger partial charge is 0.329 e. The molecule has 17 nitrogen and oxygen atoms in total. The minimum atomic E-state index is -0.987. The summed E-state index contributed by atoms with van der Waals surface area (Å²) in [5.74, 6) is -3.37. The number of nitrogens with one attached hydrogen (secondary N) is 3. The first-order chi connectivity index (χ1) is 33.9. The summed E-state index contributed by atoms with van der Waals surface area (Å²) >= 11 is 0. The fraction of sp³-hybridized carbons (Fsp3) is 0.691. The Hall–Kier alpha value is -5.13. The van der Waals surface area contributed by atoms with Gasteiger partial charge in [0.15, 0.2) is 0 Å². The Morgan fingerprint density at radius 2 is 1.51 bits per heavy atom. The summed E-state index contributed by atoms with van der Waals surface area (Å²) in [5, 5.41) is 7.04. The monoisotopic (exact) mass is 1010 g/mol. The van der Waals surface area contributed by atoms with Crippen molar-refractivity contribution in [2.24, 2.45) is 23.7 Å². The fourth-order valence-corrected chi connectivity index (χ4v) is 10.5. The van der Waals surface area contributed by atoms with E-state index < -0.39 is 65.8 Å². The molecule has 0 saturated carbocycles. The fourth-order valence-electron chi connectivity index (χ4n) is 10.5. The van der Waals surface area contributed by atoms with Gasteiger partial charge in [0, 0.05) is 70.0 Å². The highest BCUT2D eigenvalue weighted by atomic mass is 16.6. The number of benzene rings is 1. The van der Waals surface area contributed by atoms with Crippen LogP contribution < -0.4 is 10.6 Å². The first-order valence-corrected chi connectivity index (χ1v) is 26.2. The normalized spacial score (nSPS) is 18.6. The number of aromatic nitrogens is 1. The third kappa shape index (κ3) is 15.7. The minimum Gasteiger partial charge on any atom is -0.458 e. The van der Waals surface area contributed by atoms with Crippen molar-refractivity contribution < 1.29 is 47.8 Å². The van der Waals surface area contributed by atoms with Gasteiger partial charge >= 0.3 is 5.97 Å². The first kappa shape index (κ1) is 59.4. The second-order valence-electron chi connectivity index (χ2n) is 21.7. The maximum Gasteiger partial charge on any atom is 0.329 e. The van der Waals surface area contributed by atoms with Gasteiger partial charge in [-0.1, -0.05) is 85.9 Å². The van der Waals surface area contributed by atoms with Crippen molar-refractivity contribution in [1.82, 2.24) is 35.2 Å². The third-order valence-electron chi connectivity index (χ3n) is 14.5. The number of rotatable bonds is 28. The Labute approximate surface area is 428 Å². The van der Waals surface area contributed by atoms with Crippen molar-refractivity contribution in [3.63, 3.8) is 0 Å². The summed E-state index contributed by atoms with van der Waals surface area (Å²) < 4.78 is 18.0. The molecule has 402 valence electrons. The number of hydrogen-bond acceptors (Lipinski definition) is 11. The van der Waals surface area contributed by atoms with Gasteiger partial charge in [-0.05, 0) is 89.4 Å². The van der Waals surface area contributed by atoms with Crippen molar-refractivity contribution in [1.29, 1.82) is 0 Å². The van der Waals surface area contributed by atoms with Crippen LogP contribution in [0.15, 0.2) is 42.6 Å². The largest absolute Gasteiger partial charge is 0.458 e. The van der Waals surface area contributed by atoms with E-state index in [1.807, 2.05) is 84.0 Å². The summed E-state index contributed by atoms with van der Waals surface area (Å²) in [7, 11) is 6.72. The van der Waals surface area contributed by atoms with Crippen molar-refractivity contribution in [3.05, 3.63) is 48.2 Å². The molecule has 1 fully saturated rings. The molecule has 2 aromatic rings. The zero-order valence-corrected chi connectivity index (χ0v) is 45.7. The number of likely N-dealkylation sites (N-methyl/N-ethyl adjacent to an activating group) is 2. The average molecular weight is 1010 g/mol. The Bertz CT molecular complexity index is 2170. The molecule has 0 radical (unpaired) electrons. The minimum absolute atomic E-state index is 0.0351. The van der Waals surface area contributed by atoms with Gasteiger partial charge in [0.2, 0.25) is 23.6 Å². The summed E-state index contributed by atoms with van der Waals surface area (Å²) in [5.41, 5.74) is 0.989. The number of aromatic amines is 1. The number of fused-ring (bicyclic) bond motifs is 1. The Morgan fingerprint density at radius 1 is 0.861 bits per heavy atom. The predicted octanol–water partition coefficient (Wildman–Crippen LogP) is 6.04. The number of amides is 6. The van der Waals surface area contributed by atoms with Crippen LogP contribution in [0.3, 0.4) is 0 Å². The zero-order valence-electron chi connectivity index (χ0n) is 45.7. The van der Waals surface area contributed by atoms with E-state index in [1.165, 1.54) is 24.2 Å². The number of imide groups is 1. The number of carbonyl (C=O) groups is 7. The lowest BCUT2D eigenvalue weighted by molar-refractivity contribution is -0.159. The van der Waals surface area contributed by atoms with E-state index in [0.717, 1.165) is 35.7 Å². The first-order valence-electron chi connectivity index (χ1n) is 26.2. The molecule has 1 saturated heterocycles. The molecule has 4 rings (SSSR count). The van der Waals surface area contributed by atoms with Crippen LogP contribution in [0.25, 0.3) is 10.9 Å². The second kappa shape index (κ2) is 27.2. The van der Waals surface area contributed by atoms with Crippen LogP contribution in [0.4, 0.5) is 0 Å². The maximum atomic E-state index is 14.7. The van der Waals surface area contributed by atoms with Crippen LogP contribution in [0.5, 0.6) is 0 Å². The highest BCUT2D eigenvalue weighted by Gasteiger charge is 2.44. The lowest BCUT2D eigenvalue weighted by atomic mass is 9.89. The average Bonchev–Trinajstić information content (AvgIpc) is 4.06. The SMILES string of the molecule is CC[C@H](C)[C@@H]([C@@H](CC(=O)N1CCC[C@H]1[C@H](OC)[C@@H](C)C(=O)N[C@@H](Cc1c[nH]c2ccccc12)C(=O)OC(C)(C)C)OC)N(C)C(=O)[C@@H](NC(=O)[C@H](C(C)C)N(C)CCCCCCN1C(=O)C=CC1=O)C(C)C. The molecule has 72 heavy (non-hydrogen) atoms. The summed E-state index contributed by atoms with van der Waals surface area (Å²) in [4.78, 5) is 105. The molecular formula is C55H87N7O10. The van der Waals surface area contributed by atoms with Gasteiger partial charge in [0.05, 0.1) is 42.7 Å². The van der Waals surface area contributed by atoms with Gasteiger partial charge in [-0.25, -0.2) is 4.79 Å². The number of likely N-dealkylation sites (tertiary alicyclic amines) is 1. The van der Waals surface area contributed by atoms with Gasteiger partial charge in [-0.3, -0.25) is 38.6 Å². The maximum absolute atomic E-state index is 14.7. The van der Waals surface area contributed by atoms with E-state index in [-0.39, 0.29) is 60.1 Å². The number of carbonyl (C=O) groups excluding carboxylic acids is 7. The molecule has 6 amide bonds. The highest BCUT2D eigenvalue weighted by molar-refractivity contribution is 6.12. The van der Waals surface area contributed by atoms with E-state index in [2.05, 4.69) is 15.6 Å². The molecule has 0 bridgehead atoms. The third-order valence-corrected chi connectivity index (χ3v) is 14.5. The Morgan fingerprint density at radius 3 is 2.11 bits per heavy atom. The number of nitrogens with zero attached hydrogens (tertiary/aromatic N) is 4. The van der Waals surface area contributed by atoms with Crippen molar-refractivity contribution in [2.45, 2.75) is 175 Å². The van der Waals surface area contributed by atoms with Gasteiger partial charge in [-0.15, -0.1) is 0 Å². The lowest BCUT2D eigenvalue weighted by Gasteiger charge is -2.41. The van der Waals surface area contributed by atoms with Crippen molar-refractivity contribution in [2.75, 3.05) is 47.9 Å². The number of hydrogen-bond donors (Lipinski definition) is 3. The van der Waals surface area contributed by atoms with Crippen molar-refractivity contribution >= 4 is 52.3 Å². The quantitative estimate of drug-likeness (QED) is 0.0510. The van der Waals surface area contributed by atoms with Gasteiger partial charge in [0.25, 0.3) is 11.8 Å². The molecule has 2 aliphatic rings. The van der Waals surface area contributed by atoms with E-state index in [9.17, 15) is 33.6 Å². The molecule has 0 spiro atoms. The number of H-pyrrole nitrogens is 1. The predicted molar refractivity (Wildman–Crippen MR) is 278 cm³/mol. The van der Waals surface area contributed by atoms with Crippen LogP contribution in [-0.2, 0) is 54.2 Å². The number of unbranched alkanes of at least 4 members (excludes halogenated alkanes) is 3. The van der Waals surface area contributed by atoms with Crippen LogP contribution in [0, 0.1) is 23.7 Å². The molecule has 1 aromatic carbocycles. The van der Waals surface area contributed by atoms with E-state index in [0.29, 0.717) is 45.3 Å². The highest BCUT2D eigenvalue weighted by Crippen LogP contribution is 2.30. The molecule has 2 aliphatic heterocycles. The van der Waals surface area contributed by atoms with Gasteiger partial charge in [0.1, 0.15) is 17.7 Å². The Balaban J connectivity index is 1.43. The van der Waals surface area contributed by atoms with E-state index >= 15 is 0 Å². The van der Waals surface area contributed by atoms with Crippen molar-refractivity contribution in [3.8, 4) is 0 Å².